The molecule has 1 saturated heterocycles. The van der Waals surface area contributed by atoms with Crippen molar-refractivity contribution in [3.63, 3.8) is 0 Å². The molecule has 2 aromatic rings. The summed E-state index contributed by atoms with van der Waals surface area (Å²) in [6.07, 6.45) is -0.466. The van der Waals surface area contributed by atoms with Crippen LogP contribution in [0.4, 0.5) is 0 Å². The smallest absolute Gasteiger partial charge is 0.227 e. The van der Waals surface area contributed by atoms with Gasteiger partial charge in [0.15, 0.2) is 11.5 Å². The van der Waals surface area contributed by atoms with Crippen LogP contribution >= 0.6 is 11.6 Å². The molecule has 0 radical (unpaired) electrons. The fourth-order valence-electron chi connectivity index (χ4n) is 3.49. The minimum absolute atomic E-state index is 0.0896. The van der Waals surface area contributed by atoms with Crippen molar-refractivity contribution in [3.8, 4) is 23.0 Å². The number of amides is 1. The highest BCUT2D eigenvalue weighted by Crippen LogP contribution is 2.38. The molecule has 0 unspecified atom stereocenters. The van der Waals surface area contributed by atoms with Gasteiger partial charge in [0.2, 0.25) is 11.7 Å². The fourth-order valence-corrected chi connectivity index (χ4v) is 3.61. The lowest BCUT2D eigenvalue weighted by atomic mass is 10.0. The predicted octanol–water partition coefficient (Wildman–Crippen LogP) is 2.95. The van der Waals surface area contributed by atoms with Crippen LogP contribution in [-0.4, -0.2) is 62.5 Å². The van der Waals surface area contributed by atoms with Gasteiger partial charge in [-0.2, -0.15) is 0 Å². The first-order chi connectivity index (χ1) is 14.4. The van der Waals surface area contributed by atoms with Crippen molar-refractivity contribution in [2.24, 2.45) is 0 Å². The number of piperidine rings is 1. The lowest BCUT2D eigenvalue weighted by molar-refractivity contribution is -0.136. The van der Waals surface area contributed by atoms with E-state index in [2.05, 4.69) is 0 Å². The maximum atomic E-state index is 12.8. The Morgan fingerprint density at radius 2 is 1.73 bits per heavy atom. The zero-order valence-corrected chi connectivity index (χ0v) is 18.0. The van der Waals surface area contributed by atoms with Crippen LogP contribution in [0.2, 0.25) is 5.02 Å². The number of β-amino-alcohol motifs (C(OH)–C–C–N with tert-alkyl or cyclic N) is 1. The van der Waals surface area contributed by atoms with Gasteiger partial charge in [-0.05, 0) is 42.0 Å². The van der Waals surface area contributed by atoms with Crippen LogP contribution in [0.1, 0.15) is 12.0 Å². The molecule has 30 heavy (non-hydrogen) atoms. The SMILES string of the molecule is COc1cc(CC(=O)N2CC[C@@H](Oc3ccc(Cl)cc3)[C@H](O)C2)cc(OC)c1OC. The maximum Gasteiger partial charge on any atom is 0.227 e. The molecule has 0 aromatic heterocycles. The average Bonchev–Trinajstić information content (AvgIpc) is 2.75. The summed E-state index contributed by atoms with van der Waals surface area (Å²) in [7, 11) is 4.60. The average molecular weight is 436 g/mol. The van der Waals surface area contributed by atoms with Gasteiger partial charge in [-0.3, -0.25) is 4.79 Å². The summed E-state index contributed by atoms with van der Waals surface area (Å²) in [6.45, 7) is 0.708. The summed E-state index contributed by atoms with van der Waals surface area (Å²) in [5.74, 6) is 2.02. The summed E-state index contributed by atoms with van der Waals surface area (Å²) in [4.78, 5) is 14.5. The van der Waals surface area contributed by atoms with Gasteiger partial charge in [-0.15, -0.1) is 0 Å². The Hall–Kier alpha value is -2.64. The molecule has 3 rings (SSSR count). The van der Waals surface area contributed by atoms with E-state index in [0.717, 1.165) is 5.56 Å². The molecule has 8 heteroatoms. The Morgan fingerprint density at radius 3 is 2.27 bits per heavy atom. The van der Waals surface area contributed by atoms with Crippen LogP contribution in [0, 0.1) is 0 Å². The van der Waals surface area contributed by atoms with Crippen molar-refractivity contribution in [3.05, 3.63) is 47.0 Å². The number of methoxy groups -OCH3 is 3. The molecular formula is C22H26ClNO6. The molecule has 0 spiro atoms. The molecule has 0 aliphatic carbocycles. The molecular weight excluding hydrogens is 410 g/mol. The minimum atomic E-state index is -0.779. The molecule has 162 valence electrons. The van der Waals surface area contributed by atoms with E-state index >= 15 is 0 Å². The number of ether oxygens (including phenoxy) is 4. The largest absolute Gasteiger partial charge is 0.493 e. The monoisotopic (exact) mass is 435 g/mol. The van der Waals surface area contributed by atoms with Crippen LogP contribution in [0.3, 0.4) is 0 Å². The summed E-state index contributed by atoms with van der Waals surface area (Å²) >= 11 is 5.89. The van der Waals surface area contributed by atoms with Gasteiger partial charge in [-0.1, -0.05) is 11.6 Å². The van der Waals surface area contributed by atoms with Gasteiger partial charge in [0, 0.05) is 18.0 Å². The number of carbonyl (C=O) groups excluding carboxylic acids is 1. The zero-order chi connectivity index (χ0) is 21.7. The van der Waals surface area contributed by atoms with Gasteiger partial charge < -0.3 is 29.0 Å². The number of halogens is 1. The van der Waals surface area contributed by atoms with E-state index in [0.29, 0.717) is 41.0 Å². The number of likely N-dealkylation sites (tertiary alicyclic amines) is 1. The number of aliphatic hydroxyl groups is 1. The maximum absolute atomic E-state index is 12.8. The number of hydrogen-bond donors (Lipinski definition) is 1. The topological polar surface area (TPSA) is 77.5 Å². The third-order valence-electron chi connectivity index (χ3n) is 5.05. The van der Waals surface area contributed by atoms with Crippen LogP contribution in [0.15, 0.2) is 36.4 Å². The highest BCUT2D eigenvalue weighted by molar-refractivity contribution is 6.30. The number of nitrogens with zero attached hydrogens (tertiary/aromatic N) is 1. The van der Waals surface area contributed by atoms with E-state index in [-0.39, 0.29) is 25.0 Å². The van der Waals surface area contributed by atoms with Crippen molar-refractivity contribution >= 4 is 17.5 Å². The quantitative estimate of drug-likeness (QED) is 0.720. The molecule has 1 N–H and O–H groups in total. The van der Waals surface area contributed by atoms with E-state index in [1.165, 1.54) is 21.3 Å². The van der Waals surface area contributed by atoms with Crippen molar-refractivity contribution < 1.29 is 28.8 Å². The number of hydrogen-bond acceptors (Lipinski definition) is 6. The Bertz CT molecular complexity index is 847. The van der Waals surface area contributed by atoms with Crippen LogP contribution in [-0.2, 0) is 11.2 Å². The lowest BCUT2D eigenvalue weighted by Gasteiger charge is -2.36. The van der Waals surface area contributed by atoms with Gasteiger partial charge in [0.25, 0.3) is 0 Å². The zero-order valence-electron chi connectivity index (χ0n) is 17.3. The molecule has 0 saturated carbocycles. The van der Waals surface area contributed by atoms with Crippen molar-refractivity contribution in [1.29, 1.82) is 0 Å². The number of benzene rings is 2. The van der Waals surface area contributed by atoms with Gasteiger partial charge in [0.05, 0.1) is 34.3 Å². The van der Waals surface area contributed by atoms with Crippen LogP contribution in [0.5, 0.6) is 23.0 Å². The molecule has 7 nitrogen and oxygen atoms in total. The van der Waals surface area contributed by atoms with E-state index < -0.39 is 6.10 Å². The molecule has 0 bridgehead atoms. The first-order valence-electron chi connectivity index (χ1n) is 9.62. The van der Waals surface area contributed by atoms with Gasteiger partial charge in [0.1, 0.15) is 18.0 Å². The summed E-state index contributed by atoms with van der Waals surface area (Å²) < 4.78 is 21.9. The Balaban J connectivity index is 1.62. The number of rotatable bonds is 7. The van der Waals surface area contributed by atoms with Crippen molar-refractivity contribution in [2.75, 3.05) is 34.4 Å². The van der Waals surface area contributed by atoms with E-state index in [9.17, 15) is 9.90 Å². The predicted molar refractivity (Wildman–Crippen MR) is 113 cm³/mol. The summed E-state index contributed by atoms with van der Waals surface area (Å²) in [5.41, 5.74) is 0.739. The normalized spacial score (nSPS) is 18.6. The van der Waals surface area contributed by atoms with E-state index in [1.54, 1.807) is 41.3 Å². The van der Waals surface area contributed by atoms with Crippen molar-refractivity contribution in [1.82, 2.24) is 4.90 Å². The molecule has 1 heterocycles. The minimum Gasteiger partial charge on any atom is -0.493 e. The first kappa shape index (κ1) is 22.1. The van der Waals surface area contributed by atoms with Gasteiger partial charge in [-0.25, -0.2) is 0 Å². The molecule has 1 aliphatic heterocycles. The van der Waals surface area contributed by atoms with E-state index in [1.807, 2.05) is 0 Å². The second-order valence-electron chi connectivity index (χ2n) is 7.02. The third kappa shape index (κ3) is 5.09. The number of carbonyl (C=O) groups is 1. The Kier molecular flexibility index (Phi) is 7.29. The Morgan fingerprint density at radius 1 is 1.10 bits per heavy atom. The molecule has 2 aromatic carbocycles. The second-order valence-corrected chi connectivity index (χ2v) is 7.45. The number of aliphatic hydroxyl groups excluding tert-OH is 1. The van der Waals surface area contributed by atoms with Gasteiger partial charge >= 0.3 is 0 Å². The fraction of sp³-hybridized carbons (Fsp3) is 0.409. The van der Waals surface area contributed by atoms with Crippen LogP contribution in [0.25, 0.3) is 0 Å². The first-order valence-corrected chi connectivity index (χ1v) is 10.00. The lowest BCUT2D eigenvalue weighted by Crippen LogP contribution is -2.51. The highest BCUT2D eigenvalue weighted by Gasteiger charge is 2.31. The summed E-state index contributed by atoms with van der Waals surface area (Å²) in [5, 5.41) is 11.1. The Labute approximate surface area is 181 Å². The molecule has 1 aliphatic rings. The standard InChI is InChI=1S/C22H26ClNO6/c1-27-19-10-14(11-20(28-2)22(19)29-3)12-21(26)24-9-8-18(17(25)13-24)30-16-6-4-15(23)5-7-16/h4-7,10-11,17-18,25H,8-9,12-13H2,1-3H3/t17-,18-/m1/s1. The molecule has 1 amide bonds. The van der Waals surface area contributed by atoms with Crippen LogP contribution < -0.4 is 18.9 Å². The van der Waals surface area contributed by atoms with Crippen molar-refractivity contribution in [2.45, 2.75) is 25.0 Å². The second kappa shape index (κ2) is 9.91. The third-order valence-corrected chi connectivity index (χ3v) is 5.31. The summed E-state index contributed by atoms with van der Waals surface area (Å²) in [6, 6.07) is 10.5. The molecule has 1 fully saturated rings. The van der Waals surface area contributed by atoms with E-state index in [4.69, 9.17) is 30.5 Å². The molecule has 2 atom stereocenters. The highest BCUT2D eigenvalue weighted by atomic mass is 35.5.